The second-order valence-electron chi connectivity index (χ2n) is 3.26. The lowest BCUT2D eigenvalue weighted by molar-refractivity contribution is -0.125. The molecule has 0 aliphatic rings. The summed E-state index contributed by atoms with van der Waals surface area (Å²) in [6.07, 6.45) is -0.712. The summed E-state index contributed by atoms with van der Waals surface area (Å²) in [6, 6.07) is 6.56. The number of nitrogens with zero attached hydrogens (tertiary/aromatic N) is 1. The van der Waals surface area contributed by atoms with Crippen molar-refractivity contribution < 1.29 is 9.53 Å². The molecule has 0 bridgehead atoms. The van der Waals surface area contributed by atoms with Crippen LogP contribution in [0.15, 0.2) is 18.2 Å². The lowest BCUT2D eigenvalue weighted by Gasteiger charge is -2.13. The zero-order valence-corrected chi connectivity index (χ0v) is 9.99. The number of amides is 1. The Bertz CT molecular complexity index is 453. The molecule has 0 fully saturated rings. The maximum atomic E-state index is 11.6. The van der Waals surface area contributed by atoms with Crippen molar-refractivity contribution in [3.63, 3.8) is 0 Å². The molecule has 1 amide bonds. The number of nitrogens with two attached hydrogens (primary N) is 1. The molecule has 0 saturated carbocycles. The number of carbonyl (C=O) groups excluding carboxylic acids is 1. The Morgan fingerprint density at radius 3 is 2.94 bits per heavy atom. The van der Waals surface area contributed by atoms with Gasteiger partial charge in [-0.15, -0.1) is 0 Å². The van der Waals surface area contributed by atoms with Crippen LogP contribution in [0.1, 0.15) is 5.56 Å². The first-order valence-corrected chi connectivity index (χ1v) is 5.23. The van der Waals surface area contributed by atoms with Gasteiger partial charge in [0.1, 0.15) is 12.2 Å². The van der Waals surface area contributed by atoms with Gasteiger partial charge in [0.05, 0.1) is 10.6 Å². The largest absolute Gasteiger partial charge is 0.370 e. The number of ether oxygens (including phenoxy) is 1. The predicted molar refractivity (Wildman–Crippen MR) is 64.6 cm³/mol. The summed E-state index contributed by atoms with van der Waals surface area (Å²) in [6.45, 7) is 0.0844. The van der Waals surface area contributed by atoms with Gasteiger partial charge in [-0.25, -0.2) is 0 Å². The summed E-state index contributed by atoms with van der Waals surface area (Å²) in [5.74, 6) is -0.360. The number of hydrogen-bond acceptors (Lipinski definition) is 4. The molecule has 1 rings (SSSR count). The Hall–Kier alpha value is -1.61. The van der Waals surface area contributed by atoms with Crippen LogP contribution in [0.3, 0.4) is 0 Å². The minimum absolute atomic E-state index is 0.0844. The van der Waals surface area contributed by atoms with E-state index in [0.29, 0.717) is 16.3 Å². The number of methoxy groups -OCH3 is 1. The fourth-order valence-electron chi connectivity index (χ4n) is 1.22. The third kappa shape index (κ3) is 3.43. The minimum atomic E-state index is -0.712. The number of nitrogens with one attached hydrogen (secondary N) is 1. The van der Waals surface area contributed by atoms with Gasteiger partial charge >= 0.3 is 0 Å². The molecular weight excluding hydrogens is 242 g/mol. The monoisotopic (exact) mass is 253 g/mol. The smallest absolute Gasteiger partial charge is 0.254 e. The Morgan fingerprint density at radius 2 is 2.41 bits per heavy atom. The van der Waals surface area contributed by atoms with Gasteiger partial charge in [0.2, 0.25) is 0 Å². The van der Waals surface area contributed by atoms with E-state index in [9.17, 15) is 4.79 Å². The fourth-order valence-corrected chi connectivity index (χ4v) is 1.38. The van der Waals surface area contributed by atoms with Crippen LogP contribution >= 0.6 is 11.6 Å². The molecule has 1 atom stereocenters. The van der Waals surface area contributed by atoms with Crippen LogP contribution in [0.2, 0.25) is 5.02 Å². The molecule has 0 radical (unpaired) electrons. The molecule has 1 aromatic rings. The van der Waals surface area contributed by atoms with Crippen molar-refractivity contribution in [2.45, 2.75) is 6.10 Å². The average Bonchev–Trinajstić information content (AvgIpc) is 2.33. The Labute approximate surface area is 104 Å². The quantitative estimate of drug-likeness (QED) is 0.842. The molecule has 0 aliphatic heterocycles. The zero-order chi connectivity index (χ0) is 12.8. The Morgan fingerprint density at radius 1 is 1.71 bits per heavy atom. The first kappa shape index (κ1) is 13.5. The molecule has 17 heavy (non-hydrogen) atoms. The highest BCUT2D eigenvalue weighted by molar-refractivity contribution is 6.31. The van der Waals surface area contributed by atoms with Gasteiger partial charge in [-0.3, -0.25) is 4.79 Å². The van der Waals surface area contributed by atoms with Gasteiger partial charge in [0.15, 0.2) is 0 Å². The minimum Gasteiger partial charge on any atom is -0.370 e. The maximum absolute atomic E-state index is 11.6. The first-order chi connectivity index (χ1) is 8.12. The molecule has 5 nitrogen and oxygen atoms in total. The standard InChI is InChI=1S/C11H12ClN3O2/c1-17-10(6-14)11(16)15-8-2-3-9(12)7(4-8)5-13/h2-4,10H,6,14H2,1H3,(H,15,16). The van der Waals surface area contributed by atoms with Crippen molar-refractivity contribution in [1.82, 2.24) is 0 Å². The molecule has 90 valence electrons. The van der Waals surface area contributed by atoms with E-state index in [1.54, 1.807) is 12.1 Å². The summed E-state index contributed by atoms with van der Waals surface area (Å²) >= 11 is 5.77. The topological polar surface area (TPSA) is 88.1 Å². The van der Waals surface area contributed by atoms with Crippen LogP contribution in [0.4, 0.5) is 5.69 Å². The fraction of sp³-hybridized carbons (Fsp3) is 0.273. The van der Waals surface area contributed by atoms with Crippen LogP contribution in [-0.2, 0) is 9.53 Å². The van der Waals surface area contributed by atoms with Crippen molar-refractivity contribution >= 4 is 23.2 Å². The maximum Gasteiger partial charge on any atom is 0.254 e. The molecule has 6 heteroatoms. The van der Waals surface area contributed by atoms with Gasteiger partial charge in [0, 0.05) is 19.3 Å². The van der Waals surface area contributed by atoms with Crippen molar-refractivity contribution in [2.24, 2.45) is 5.73 Å². The van der Waals surface area contributed by atoms with E-state index in [4.69, 9.17) is 27.3 Å². The zero-order valence-electron chi connectivity index (χ0n) is 9.24. The van der Waals surface area contributed by atoms with E-state index < -0.39 is 6.10 Å². The number of rotatable bonds is 4. The third-order valence-corrected chi connectivity index (χ3v) is 2.47. The summed E-state index contributed by atoms with van der Waals surface area (Å²) in [5.41, 5.74) is 6.13. The summed E-state index contributed by atoms with van der Waals surface area (Å²) in [5, 5.41) is 11.7. The van der Waals surface area contributed by atoms with Crippen molar-refractivity contribution in [1.29, 1.82) is 5.26 Å². The predicted octanol–water partition coefficient (Wildman–Crippen LogP) is 1.12. The Kier molecular flexibility index (Phi) is 4.91. The van der Waals surface area contributed by atoms with Crippen LogP contribution in [0, 0.1) is 11.3 Å². The van der Waals surface area contributed by atoms with Crippen molar-refractivity contribution in [3.8, 4) is 6.07 Å². The Balaban J connectivity index is 2.82. The van der Waals surface area contributed by atoms with Gasteiger partial charge in [-0.1, -0.05) is 11.6 Å². The van der Waals surface area contributed by atoms with E-state index in [1.807, 2.05) is 6.07 Å². The number of hydrogen-bond donors (Lipinski definition) is 2. The summed E-state index contributed by atoms with van der Waals surface area (Å²) in [7, 11) is 1.40. The van der Waals surface area contributed by atoms with Crippen LogP contribution in [0.5, 0.6) is 0 Å². The van der Waals surface area contributed by atoms with Gasteiger partial charge in [-0.05, 0) is 18.2 Å². The summed E-state index contributed by atoms with van der Waals surface area (Å²) < 4.78 is 4.89. The highest BCUT2D eigenvalue weighted by Gasteiger charge is 2.15. The van der Waals surface area contributed by atoms with Crippen LogP contribution in [0.25, 0.3) is 0 Å². The van der Waals surface area contributed by atoms with Crippen LogP contribution in [-0.4, -0.2) is 25.7 Å². The molecule has 0 aromatic heterocycles. The van der Waals surface area contributed by atoms with Crippen LogP contribution < -0.4 is 11.1 Å². The molecule has 0 spiro atoms. The lowest BCUT2D eigenvalue weighted by atomic mass is 10.2. The summed E-state index contributed by atoms with van der Waals surface area (Å²) in [4.78, 5) is 11.6. The lowest BCUT2D eigenvalue weighted by Crippen LogP contribution is -2.35. The average molecular weight is 254 g/mol. The van der Waals surface area contributed by atoms with E-state index in [-0.39, 0.29) is 12.5 Å². The van der Waals surface area contributed by atoms with Crippen molar-refractivity contribution in [3.05, 3.63) is 28.8 Å². The first-order valence-electron chi connectivity index (χ1n) is 4.85. The van der Waals surface area contributed by atoms with E-state index in [0.717, 1.165) is 0 Å². The van der Waals surface area contributed by atoms with Crippen molar-refractivity contribution in [2.75, 3.05) is 19.0 Å². The third-order valence-electron chi connectivity index (χ3n) is 2.15. The highest BCUT2D eigenvalue weighted by atomic mass is 35.5. The number of anilines is 1. The molecule has 1 unspecified atom stereocenters. The van der Waals surface area contributed by atoms with Gasteiger partial charge < -0.3 is 15.8 Å². The van der Waals surface area contributed by atoms with Gasteiger partial charge in [-0.2, -0.15) is 5.26 Å². The normalized spacial score (nSPS) is 11.6. The SMILES string of the molecule is COC(CN)C(=O)Nc1ccc(Cl)c(C#N)c1. The van der Waals surface area contributed by atoms with E-state index in [2.05, 4.69) is 5.32 Å². The molecule has 0 heterocycles. The second-order valence-corrected chi connectivity index (χ2v) is 3.66. The molecule has 0 saturated heterocycles. The number of carbonyl (C=O) groups is 1. The van der Waals surface area contributed by atoms with E-state index in [1.165, 1.54) is 13.2 Å². The highest BCUT2D eigenvalue weighted by Crippen LogP contribution is 2.19. The molecule has 3 N–H and O–H groups in total. The number of halogens is 1. The second kappa shape index (κ2) is 6.21. The number of benzene rings is 1. The van der Waals surface area contributed by atoms with Gasteiger partial charge in [0.25, 0.3) is 5.91 Å². The van der Waals surface area contributed by atoms with E-state index >= 15 is 0 Å². The molecule has 0 aliphatic carbocycles. The molecule has 1 aromatic carbocycles. The number of nitriles is 1. The molecular formula is C11H12ClN3O2.